The molecule has 1 nitrogen and oxygen atoms in total. The molecule has 0 saturated heterocycles. The van der Waals surface area contributed by atoms with Gasteiger partial charge in [-0.25, -0.2) is 0 Å². The normalized spacial score (nSPS) is 50.0. The Morgan fingerprint density at radius 1 is 0.966 bits per heavy atom. The van der Waals surface area contributed by atoms with Crippen molar-refractivity contribution in [3.05, 3.63) is 23.8 Å². The summed E-state index contributed by atoms with van der Waals surface area (Å²) in [6.45, 7) is 14.5. The lowest BCUT2D eigenvalue weighted by atomic mass is 9.49. The van der Waals surface area contributed by atoms with Gasteiger partial charge in [-0.3, -0.25) is 4.79 Å². The molecule has 5 aliphatic rings. The Kier molecular flexibility index (Phi) is 4.38. The molecule has 0 aromatic rings. The van der Waals surface area contributed by atoms with E-state index in [1.165, 1.54) is 44.9 Å². The summed E-state index contributed by atoms with van der Waals surface area (Å²) in [4.78, 5) is 13.4. The maximum absolute atomic E-state index is 13.4. The minimum atomic E-state index is 0.0654. The third kappa shape index (κ3) is 2.48. The van der Waals surface area contributed by atoms with E-state index in [0.29, 0.717) is 40.8 Å². The van der Waals surface area contributed by atoms with Gasteiger partial charge < -0.3 is 0 Å². The van der Waals surface area contributed by atoms with Crippen LogP contribution in [0.2, 0.25) is 0 Å². The molecule has 5 aliphatic carbocycles. The standard InChI is InChI=1S/C28H42O/c1-17(2)18(3)7-8-19(4)22-9-10-23-21-15-25(29)28-16-20(28)11-14-27(28,6)24(21)12-13-26(22,23)5/h7-8,15,17-20,22-24H,9-14,16H2,1-6H3/b8-7+/t18-,19+,20+,22?,23-,24-,26+,27+,28-/m0/s1. The van der Waals surface area contributed by atoms with Gasteiger partial charge in [-0.2, -0.15) is 0 Å². The number of hydrogen-bond acceptors (Lipinski definition) is 1. The van der Waals surface area contributed by atoms with Gasteiger partial charge in [0.15, 0.2) is 5.78 Å². The molecule has 9 atom stereocenters. The van der Waals surface area contributed by atoms with Crippen LogP contribution in [0.4, 0.5) is 0 Å². The van der Waals surface area contributed by atoms with Crippen LogP contribution in [0, 0.1) is 57.7 Å². The second kappa shape index (κ2) is 6.33. The predicted octanol–water partition coefficient (Wildman–Crippen LogP) is 7.23. The van der Waals surface area contributed by atoms with Gasteiger partial charge in [-0.05, 0) is 103 Å². The maximum atomic E-state index is 13.4. The van der Waals surface area contributed by atoms with Crippen molar-refractivity contribution in [1.29, 1.82) is 0 Å². The zero-order chi connectivity index (χ0) is 20.8. The van der Waals surface area contributed by atoms with Crippen LogP contribution >= 0.6 is 0 Å². The number of carbonyl (C=O) groups excluding carboxylic acids is 1. The molecule has 160 valence electrons. The fourth-order valence-electron chi connectivity index (χ4n) is 8.92. The summed E-state index contributed by atoms with van der Waals surface area (Å²) in [5.41, 5.74) is 2.32. The van der Waals surface area contributed by atoms with Crippen LogP contribution in [0.25, 0.3) is 0 Å². The summed E-state index contributed by atoms with van der Waals surface area (Å²) in [5.74, 6) is 5.37. The third-order valence-corrected chi connectivity index (χ3v) is 11.2. The van der Waals surface area contributed by atoms with Gasteiger partial charge in [0.1, 0.15) is 0 Å². The smallest absolute Gasteiger partial charge is 0.162 e. The van der Waals surface area contributed by atoms with Crippen LogP contribution in [0.3, 0.4) is 0 Å². The molecular formula is C28H42O. The largest absolute Gasteiger partial charge is 0.294 e. The molecule has 0 heterocycles. The monoisotopic (exact) mass is 394 g/mol. The Hall–Kier alpha value is -0.850. The van der Waals surface area contributed by atoms with Gasteiger partial charge in [0.05, 0.1) is 0 Å². The first kappa shape index (κ1) is 20.1. The average molecular weight is 395 g/mol. The molecule has 5 rings (SSSR count). The first-order valence-corrected chi connectivity index (χ1v) is 12.6. The molecule has 1 heteroatoms. The molecule has 0 N–H and O–H groups in total. The van der Waals surface area contributed by atoms with E-state index in [4.69, 9.17) is 0 Å². The Bertz CT molecular complexity index is 773. The molecule has 1 unspecified atom stereocenters. The Morgan fingerprint density at radius 3 is 2.41 bits per heavy atom. The first-order chi connectivity index (χ1) is 13.6. The molecule has 0 radical (unpaired) electrons. The summed E-state index contributed by atoms with van der Waals surface area (Å²) in [6.07, 6.45) is 16.3. The van der Waals surface area contributed by atoms with E-state index < -0.39 is 0 Å². The predicted molar refractivity (Wildman–Crippen MR) is 120 cm³/mol. The van der Waals surface area contributed by atoms with Gasteiger partial charge in [0.25, 0.3) is 0 Å². The van der Waals surface area contributed by atoms with Gasteiger partial charge in [0, 0.05) is 5.41 Å². The minimum Gasteiger partial charge on any atom is -0.294 e. The maximum Gasteiger partial charge on any atom is 0.162 e. The van der Waals surface area contributed by atoms with Crippen LogP contribution in [0.15, 0.2) is 23.8 Å². The van der Waals surface area contributed by atoms with Crippen molar-refractivity contribution < 1.29 is 4.79 Å². The summed E-state index contributed by atoms with van der Waals surface area (Å²) in [7, 11) is 0. The second-order valence-electron chi connectivity index (χ2n) is 12.5. The van der Waals surface area contributed by atoms with Crippen LogP contribution in [-0.4, -0.2) is 5.78 Å². The molecule has 0 amide bonds. The molecule has 4 fully saturated rings. The first-order valence-electron chi connectivity index (χ1n) is 12.6. The van der Waals surface area contributed by atoms with E-state index >= 15 is 0 Å². The van der Waals surface area contributed by atoms with Crippen LogP contribution in [-0.2, 0) is 4.79 Å². The van der Waals surface area contributed by atoms with Crippen LogP contribution in [0.1, 0.15) is 86.5 Å². The zero-order valence-corrected chi connectivity index (χ0v) is 19.6. The van der Waals surface area contributed by atoms with Crippen molar-refractivity contribution in [2.75, 3.05) is 0 Å². The van der Waals surface area contributed by atoms with Crippen molar-refractivity contribution in [3.63, 3.8) is 0 Å². The molecular weight excluding hydrogens is 352 g/mol. The van der Waals surface area contributed by atoms with Gasteiger partial charge >= 0.3 is 0 Å². The summed E-state index contributed by atoms with van der Waals surface area (Å²) < 4.78 is 0. The molecule has 0 bridgehead atoms. The number of hydrogen-bond donors (Lipinski definition) is 0. The number of allylic oxidation sites excluding steroid dienone is 4. The van der Waals surface area contributed by atoms with E-state index in [9.17, 15) is 4.79 Å². The molecule has 0 aromatic carbocycles. The van der Waals surface area contributed by atoms with E-state index in [1.807, 2.05) is 0 Å². The highest BCUT2D eigenvalue weighted by molar-refractivity contribution is 6.00. The van der Waals surface area contributed by atoms with Crippen molar-refractivity contribution >= 4 is 5.78 Å². The zero-order valence-electron chi connectivity index (χ0n) is 19.6. The molecule has 4 saturated carbocycles. The highest BCUT2D eigenvalue weighted by atomic mass is 16.1. The number of rotatable bonds is 4. The molecule has 29 heavy (non-hydrogen) atoms. The minimum absolute atomic E-state index is 0.0654. The van der Waals surface area contributed by atoms with E-state index in [0.717, 1.165) is 11.8 Å². The highest BCUT2D eigenvalue weighted by Gasteiger charge is 2.76. The van der Waals surface area contributed by atoms with Gasteiger partial charge in [-0.1, -0.05) is 59.3 Å². The van der Waals surface area contributed by atoms with Crippen molar-refractivity contribution in [2.45, 2.75) is 86.5 Å². The van der Waals surface area contributed by atoms with E-state index in [-0.39, 0.29) is 10.8 Å². The molecule has 1 spiro atoms. The number of carbonyl (C=O) groups is 1. The Balaban J connectivity index is 1.42. The van der Waals surface area contributed by atoms with E-state index in [1.54, 1.807) is 5.57 Å². The molecule has 0 aromatic heterocycles. The van der Waals surface area contributed by atoms with Crippen molar-refractivity contribution in [3.8, 4) is 0 Å². The second-order valence-corrected chi connectivity index (χ2v) is 12.5. The summed E-state index contributed by atoms with van der Waals surface area (Å²) in [5, 5.41) is 0. The SMILES string of the molecule is CC(C)[C@@H](C)/C=C/[C@@H](C)C1CC[C@H]2C3=CC(=O)[C@]45C[C@H]4CC[C@]5(C)[C@H]3CC[C@]12C. The lowest BCUT2D eigenvalue weighted by molar-refractivity contribution is -0.127. The fourth-order valence-corrected chi connectivity index (χ4v) is 8.92. The van der Waals surface area contributed by atoms with Gasteiger partial charge in [-0.15, -0.1) is 0 Å². The van der Waals surface area contributed by atoms with Crippen molar-refractivity contribution in [1.82, 2.24) is 0 Å². The van der Waals surface area contributed by atoms with Crippen molar-refractivity contribution in [2.24, 2.45) is 57.7 Å². The van der Waals surface area contributed by atoms with Crippen LogP contribution < -0.4 is 0 Å². The number of fused-ring (bicyclic) bond motifs is 4. The molecule has 0 aliphatic heterocycles. The summed E-state index contributed by atoms with van der Waals surface area (Å²) >= 11 is 0. The Labute approximate surface area is 178 Å². The Morgan fingerprint density at radius 2 is 1.72 bits per heavy atom. The quantitative estimate of drug-likeness (QED) is 0.460. The summed E-state index contributed by atoms with van der Waals surface area (Å²) in [6, 6.07) is 0. The lowest BCUT2D eigenvalue weighted by Crippen LogP contribution is -2.50. The fraction of sp³-hybridized carbons (Fsp3) is 0.821. The average Bonchev–Trinajstić information content (AvgIpc) is 3.20. The topological polar surface area (TPSA) is 17.1 Å². The van der Waals surface area contributed by atoms with E-state index in [2.05, 4.69) is 59.8 Å². The van der Waals surface area contributed by atoms with Crippen LogP contribution in [0.5, 0.6) is 0 Å². The lowest BCUT2D eigenvalue weighted by Gasteiger charge is -2.54. The third-order valence-electron chi connectivity index (χ3n) is 11.2. The van der Waals surface area contributed by atoms with Gasteiger partial charge in [0.2, 0.25) is 0 Å². The number of ketones is 1. The highest BCUT2D eigenvalue weighted by Crippen LogP contribution is 2.79.